The molecule has 1 aromatic heterocycles. The molecule has 1 aliphatic heterocycles. The van der Waals surface area contributed by atoms with E-state index in [1.807, 2.05) is 0 Å². The summed E-state index contributed by atoms with van der Waals surface area (Å²) in [6, 6.07) is 0. The molecule has 1 atom stereocenters. The van der Waals surface area contributed by atoms with E-state index in [0.29, 0.717) is 12.2 Å². The number of morpholine rings is 1. The summed E-state index contributed by atoms with van der Waals surface area (Å²) < 4.78 is 6.43. The third-order valence-corrected chi connectivity index (χ3v) is 2.79. The highest BCUT2D eigenvalue weighted by molar-refractivity contribution is 5.78. The molecule has 1 unspecified atom stereocenters. The van der Waals surface area contributed by atoms with Crippen LogP contribution >= 0.6 is 0 Å². The molecule has 0 bridgehead atoms. The van der Waals surface area contributed by atoms with Gasteiger partial charge in [-0.15, -0.1) is 5.10 Å². The van der Waals surface area contributed by atoms with Crippen LogP contribution in [0.3, 0.4) is 0 Å². The van der Waals surface area contributed by atoms with E-state index in [9.17, 15) is 9.59 Å². The van der Waals surface area contributed by atoms with E-state index in [2.05, 4.69) is 10.3 Å². The van der Waals surface area contributed by atoms with E-state index in [-0.39, 0.29) is 32.1 Å². The number of carbonyl (C=O) groups is 2. The van der Waals surface area contributed by atoms with Crippen LogP contribution in [0, 0.1) is 0 Å². The Labute approximate surface area is 108 Å². The number of hydrogen-bond acceptors (Lipinski definition) is 6. The highest BCUT2D eigenvalue weighted by Crippen LogP contribution is 2.06. The van der Waals surface area contributed by atoms with Crippen LogP contribution in [0.2, 0.25) is 0 Å². The maximum Gasteiger partial charge on any atom is 0.334 e. The summed E-state index contributed by atoms with van der Waals surface area (Å²) in [4.78, 5) is 24.3. The molecule has 1 fully saturated rings. The Hall–Kier alpha value is -2.00. The van der Waals surface area contributed by atoms with E-state index < -0.39 is 12.1 Å². The molecule has 1 aliphatic rings. The van der Waals surface area contributed by atoms with Crippen molar-refractivity contribution in [2.75, 3.05) is 19.7 Å². The summed E-state index contributed by atoms with van der Waals surface area (Å²) in [5.41, 5.74) is 5.99. The van der Waals surface area contributed by atoms with Crippen molar-refractivity contribution in [1.29, 1.82) is 0 Å². The van der Waals surface area contributed by atoms with Crippen molar-refractivity contribution >= 4 is 11.9 Å². The second-order valence-corrected chi connectivity index (χ2v) is 4.15. The standard InChI is InChI=1S/C10H15N5O4/c11-3-7-4-15(13-12-7)6-9(16)14-1-2-19-8(5-14)10(17)18/h4,8H,1-3,5-6,11H2,(H,17,18). The van der Waals surface area contributed by atoms with Gasteiger partial charge in [-0.2, -0.15) is 0 Å². The molecule has 0 spiro atoms. The Balaban J connectivity index is 1.93. The minimum atomic E-state index is -1.07. The zero-order valence-electron chi connectivity index (χ0n) is 10.2. The quantitative estimate of drug-likeness (QED) is 0.651. The SMILES string of the molecule is NCc1cn(CC(=O)N2CCOC(C(=O)O)C2)nn1. The van der Waals surface area contributed by atoms with Gasteiger partial charge in [0.2, 0.25) is 5.91 Å². The van der Waals surface area contributed by atoms with Gasteiger partial charge >= 0.3 is 5.97 Å². The average Bonchev–Trinajstić information content (AvgIpc) is 2.86. The predicted octanol–water partition coefficient (Wildman–Crippen LogP) is -1.95. The van der Waals surface area contributed by atoms with Gasteiger partial charge in [0, 0.05) is 13.1 Å². The molecule has 3 N–H and O–H groups in total. The van der Waals surface area contributed by atoms with Crippen molar-refractivity contribution in [2.45, 2.75) is 19.2 Å². The van der Waals surface area contributed by atoms with Crippen LogP contribution in [0.1, 0.15) is 5.69 Å². The number of aromatic nitrogens is 3. The van der Waals surface area contributed by atoms with E-state index in [0.717, 1.165) is 0 Å². The van der Waals surface area contributed by atoms with Gasteiger partial charge in [-0.3, -0.25) is 4.79 Å². The summed E-state index contributed by atoms with van der Waals surface area (Å²) in [6.45, 7) is 0.911. The Morgan fingerprint density at radius 1 is 1.58 bits per heavy atom. The smallest absolute Gasteiger partial charge is 0.334 e. The first-order valence-corrected chi connectivity index (χ1v) is 5.81. The lowest BCUT2D eigenvalue weighted by molar-refractivity contribution is -0.159. The van der Waals surface area contributed by atoms with Crippen LogP contribution in [-0.2, 0) is 27.4 Å². The van der Waals surface area contributed by atoms with Crippen LogP contribution in [0.15, 0.2) is 6.20 Å². The maximum absolute atomic E-state index is 12.0. The maximum atomic E-state index is 12.0. The molecule has 0 radical (unpaired) electrons. The first kappa shape index (κ1) is 13.4. The lowest BCUT2D eigenvalue weighted by Gasteiger charge is -2.30. The number of nitrogens with zero attached hydrogens (tertiary/aromatic N) is 4. The summed E-state index contributed by atoms with van der Waals surface area (Å²) in [7, 11) is 0. The van der Waals surface area contributed by atoms with E-state index in [1.165, 1.54) is 9.58 Å². The van der Waals surface area contributed by atoms with Crippen molar-refractivity contribution in [3.63, 3.8) is 0 Å². The number of carboxylic acid groups (broad SMARTS) is 1. The summed E-state index contributed by atoms with van der Waals surface area (Å²) in [6.07, 6.45) is 0.626. The number of carbonyl (C=O) groups excluding carboxylic acids is 1. The molecule has 0 aliphatic carbocycles. The minimum Gasteiger partial charge on any atom is -0.479 e. The second-order valence-electron chi connectivity index (χ2n) is 4.15. The van der Waals surface area contributed by atoms with Crippen LogP contribution < -0.4 is 5.73 Å². The van der Waals surface area contributed by atoms with Gasteiger partial charge in [-0.25, -0.2) is 9.48 Å². The van der Waals surface area contributed by atoms with Gasteiger partial charge in [-0.1, -0.05) is 5.21 Å². The van der Waals surface area contributed by atoms with Gasteiger partial charge in [-0.05, 0) is 0 Å². The largest absolute Gasteiger partial charge is 0.479 e. The van der Waals surface area contributed by atoms with Gasteiger partial charge < -0.3 is 20.5 Å². The highest BCUT2D eigenvalue weighted by Gasteiger charge is 2.29. The molecule has 104 valence electrons. The fourth-order valence-electron chi connectivity index (χ4n) is 1.77. The Morgan fingerprint density at radius 2 is 2.37 bits per heavy atom. The number of nitrogens with two attached hydrogens (primary N) is 1. The minimum absolute atomic E-state index is 0.0132. The molecule has 19 heavy (non-hydrogen) atoms. The molecular weight excluding hydrogens is 254 g/mol. The van der Waals surface area contributed by atoms with Gasteiger partial charge in [0.15, 0.2) is 6.10 Å². The zero-order chi connectivity index (χ0) is 13.8. The normalized spacial score (nSPS) is 19.4. The van der Waals surface area contributed by atoms with Crippen LogP contribution in [0.5, 0.6) is 0 Å². The molecule has 9 nitrogen and oxygen atoms in total. The number of aliphatic carboxylic acids is 1. The van der Waals surface area contributed by atoms with E-state index in [1.54, 1.807) is 6.20 Å². The number of ether oxygens (including phenoxy) is 1. The first-order valence-electron chi connectivity index (χ1n) is 5.81. The molecule has 2 heterocycles. The topological polar surface area (TPSA) is 124 Å². The van der Waals surface area contributed by atoms with Crippen molar-refractivity contribution in [2.24, 2.45) is 5.73 Å². The van der Waals surface area contributed by atoms with Crippen LogP contribution in [0.4, 0.5) is 0 Å². The zero-order valence-corrected chi connectivity index (χ0v) is 10.2. The van der Waals surface area contributed by atoms with Gasteiger partial charge in [0.1, 0.15) is 6.54 Å². The Bertz CT molecular complexity index is 474. The molecule has 1 amide bonds. The van der Waals surface area contributed by atoms with Gasteiger partial charge in [0.05, 0.1) is 25.0 Å². The van der Waals surface area contributed by atoms with Gasteiger partial charge in [0.25, 0.3) is 0 Å². The van der Waals surface area contributed by atoms with E-state index >= 15 is 0 Å². The second kappa shape index (κ2) is 5.76. The van der Waals surface area contributed by atoms with Crippen molar-refractivity contribution in [3.05, 3.63) is 11.9 Å². The summed E-state index contributed by atoms with van der Waals surface area (Å²) >= 11 is 0. The lowest BCUT2D eigenvalue weighted by Crippen LogP contribution is -2.49. The third kappa shape index (κ3) is 3.26. The predicted molar refractivity (Wildman–Crippen MR) is 61.9 cm³/mol. The Morgan fingerprint density at radius 3 is 3.00 bits per heavy atom. The lowest BCUT2D eigenvalue weighted by atomic mass is 10.2. The van der Waals surface area contributed by atoms with Crippen LogP contribution in [-0.4, -0.2) is 62.7 Å². The monoisotopic (exact) mass is 269 g/mol. The van der Waals surface area contributed by atoms with E-state index in [4.69, 9.17) is 15.6 Å². The molecule has 0 saturated carbocycles. The fourth-order valence-corrected chi connectivity index (χ4v) is 1.77. The van der Waals surface area contributed by atoms with Crippen molar-refractivity contribution in [1.82, 2.24) is 19.9 Å². The molecule has 1 saturated heterocycles. The number of carboxylic acids is 1. The molecule has 9 heteroatoms. The van der Waals surface area contributed by atoms with Crippen molar-refractivity contribution < 1.29 is 19.4 Å². The molecule has 2 rings (SSSR count). The van der Waals surface area contributed by atoms with Crippen LogP contribution in [0.25, 0.3) is 0 Å². The Kier molecular flexibility index (Phi) is 4.07. The van der Waals surface area contributed by atoms with Crippen molar-refractivity contribution in [3.8, 4) is 0 Å². The fraction of sp³-hybridized carbons (Fsp3) is 0.600. The summed E-state index contributed by atoms with van der Waals surface area (Å²) in [5, 5.41) is 16.4. The third-order valence-electron chi connectivity index (χ3n) is 2.79. The molecular formula is C10H15N5O4. The molecule has 0 aromatic carbocycles. The average molecular weight is 269 g/mol. The summed E-state index contributed by atoms with van der Waals surface area (Å²) in [5.74, 6) is -1.29. The molecule has 1 aromatic rings. The number of hydrogen-bond donors (Lipinski definition) is 2. The first-order chi connectivity index (χ1) is 9.10. The number of rotatable bonds is 4. The highest BCUT2D eigenvalue weighted by atomic mass is 16.5. The number of amides is 1.